The number of carboxylic acid groups (broad SMARTS) is 1. The molecular formula is C30H34Cl2N2O5. The molecule has 3 aliphatic rings. The number of nitrogens with zero attached hydrogens (tertiary/aromatic N) is 2. The molecule has 1 unspecified atom stereocenters. The van der Waals surface area contributed by atoms with Gasteiger partial charge in [-0.3, -0.25) is 24.2 Å². The van der Waals surface area contributed by atoms with E-state index in [1.165, 1.54) is 16.0 Å². The molecule has 2 aromatic rings. The minimum Gasteiger partial charge on any atom is -0.490 e. The Kier molecular flexibility index (Phi) is 8.79. The van der Waals surface area contributed by atoms with Gasteiger partial charge in [0.05, 0.1) is 17.5 Å². The van der Waals surface area contributed by atoms with E-state index >= 15 is 0 Å². The molecule has 0 aromatic heterocycles. The molecule has 5 rings (SSSR count). The van der Waals surface area contributed by atoms with Crippen molar-refractivity contribution in [1.29, 1.82) is 0 Å². The summed E-state index contributed by atoms with van der Waals surface area (Å²) in [6.07, 6.45) is 5.84. The number of imide groups is 1. The summed E-state index contributed by atoms with van der Waals surface area (Å²) in [6, 6.07) is 12.2. The van der Waals surface area contributed by atoms with Gasteiger partial charge in [0, 0.05) is 37.0 Å². The molecule has 1 saturated carbocycles. The first-order valence-corrected chi connectivity index (χ1v) is 14.5. The van der Waals surface area contributed by atoms with Crippen molar-refractivity contribution in [2.45, 2.75) is 64.0 Å². The monoisotopic (exact) mass is 572 g/mol. The van der Waals surface area contributed by atoms with Crippen LogP contribution in [0.3, 0.4) is 0 Å². The van der Waals surface area contributed by atoms with Crippen molar-refractivity contribution in [3.8, 4) is 5.75 Å². The third-order valence-electron chi connectivity index (χ3n) is 8.39. The minimum absolute atomic E-state index is 0.155. The lowest BCUT2D eigenvalue weighted by Crippen LogP contribution is -2.34. The molecule has 0 bridgehead atoms. The lowest BCUT2D eigenvalue weighted by atomic mass is 9.81. The number of hydrogen-bond acceptors (Lipinski definition) is 5. The fourth-order valence-electron chi connectivity index (χ4n) is 6.28. The number of benzene rings is 2. The highest BCUT2D eigenvalue weighted by Gasteiger charge is 2.33. The molecule has 1 atom stereocenters. The highest BCUT2D eigenvalue weighted by Crippen LogP contribution is 2.40. The van der Waals surface area contributed by atoms with E-state index in [9.17, 15) is 19.5 Å². The number of aryl methyl sites for hydroxylation is 1. The van der Waals surface area contributed by atoms with Crippen LogP contribution in [-0.4, -0.2) is 52.4 Å². The summed E-state index contributed by atoms with van der Waals surface area (Å²) in [4.78, 5) is 38.8. The van der Waals surface area contributed by atoms with Crippen LogP contribution in [-0.2, 0) is 27.3 Å². The second kappa shape index (κ2) is 12.3. The van der Waals surface area contributed by atoms with E-state index < -0.39 is 5.97 Å². The summed E-state index contributed by atoms with van der Waals surface area (Å²) < 4.78 is 5.81. The number of carboxylic acids is 1. The van der Waals surface area contributed by atoms with E-state index in [-0.39, 0.29) is 49.8 Å². The number of hydrogen-bond donors (Lipinski definition) is 1. The molecule has 208 valence electrons. The molecule has 1 heterocycles. The van der Waals surface area contributed by atoms with Crippen LogP contribution in [0.2, 0.25) is 10.0 Å². The highest BCUT2D eigenvalue weighted by atomic mass is 35.5. The van der Waals surface area contributed by atoms with Gasteiger partial charge in [0.1, 0.15) is 12.4 Å². The highest BCUT2D eigenvalue weighted by molar-refractivity contribution is 6.32. The van der Waals surface area contributed by atoms with Crippen LogP contribution >= 0.6 is 23.2 Å². The van der Waals surface area contributed by atoms with E-state index in [0.717, 1.165) is 55.7 Å². The van der Waals surface area contributed by atoms with Crippen LogP contribution in [0.4, 0.5) is 0 Å². The standard InChI is InChI=1S/C30H34Cl2N2O5/c31-23-7-8-24-22(16-23)6-9-26(24)33(17-19-1-4-21(5-2-19)30(37)38)18-20-3-10-27(25(32)15-20)39-14-13-34-28(35)11-12-29(34)36/h3,7-8,10,15-16,19,21,26H,1-2,4-6,9,11-14,17-18H2,(H,37,38)/t19-,21-,26?. The summed E-state index contributed by atoms with van der Waals surface area (Å²) in [5, 5.41) is 10.7. The van der Waals surface area contributed by atoms with Crippen molar-refractivity contribution >= 4 is 41.0 Å². The van der Waals surface area contributed by atoms with Gasteiger partial charge in [-0.15, -0.1) is 0 Å². The molecule has 1 aliphatic heterocycles. The molecule has 2 aliphatic carbocycles. The summed E-state index contributed by atoms with van der Waals surface area (Å²) in [6.45, 7) is 2.02. The number of rotatable bonds is 10. The van der Waals surface area contributed by atoms with Crippen molar-refractivity contribution in [2.24, 2.45) is 11.8 Å². The lowest BCUT2D eigenvalue weighted by molar-refractivity contribution is -0.143. The molecule has 7 nitrogen and oxygen atoms in total. The van der Waals surface area contributed by atoms with E-state index in [0.29, 0.717) is 23.2 Å². The summed E-state index contributed by atoms with van der Waals surface area (Å²) in [7, 11) is 0. The maximum Gasteiger partial charge on any atom is 0.306 e. The normalized spacial score (nSPS) is 22.9. The van der Waals surface area contributed by atoms with Gasteiger partial charge in [-0.2, -0.15) is 0 Å². The Balaban J connectivity index is 1.27. The fraction of sp³-hybridized carbons (Fsp3) is 0.500. The van der Waals surface area contributed by atoms with Crippen molar-refractivity contribution in [3.05, 3.63) is 63.1 Å². The zero-order chi connectivity index (χ0) is 27.5. The number of carbonyl (C=O) groups excluding carboxylic acids is 2. The number of amides is 2. The van der Waals surface area contributed by atoms with Gasteiger partial charge in [-0.05, 0) is 85.4 Å². The third kappa shape index (κ3) is 6.59. The van der Waals surface area contributed by atoms with E-state index in [1.807, 2.05) is 24.3 Å². The second-order valence-electron chi connectivity index (χ2n) is 10.9. The van der Waals surface area contributed by atoms with Gasteiger partial charge in [0.2, 0.25) is 11.8 Å². The van der Waals surface area contributed by atoms with Crippen LogP contribution < -0.4 is 4.74 Å². The predicted molar refractivity (Wildman–Crippen MR) is 149 cm³/mol. The molecule has 2 amide bonds. The Bertz CT molecular complexity index is 1230. The van der Waals surface area contributed by atoms with E-state index in [2.05, 4.69) is 17.0 Å². The van der Waals surface area contributed by atoms with Crippen LogP contribution in [0.15, 0.2) is 36.4 Å². The minimum atomic E-state index is -0.678. The van der Waals surface area contributed by atoms with Gasteiger partial charge in [-0.1, -0.05) is 35.3 Å². The molecule has 2 fully saturated rings. The third-order valence-corrected chi connectivity index (χ3v) is 8.92. The summed E-state index contributed by atoms with van der Waals surface area (Å²) in [5.41, 5.74) is 3.68. The number of carbonyl (C=O) groups is 3. The first kappa shape index (κ1) is 27.9. The molecule has 0 spiro atoms. The second-order valence-corrected chi connectivity index (χ2v) is 11.8. The Morgan fingerprint density at radius 1 is 0.974 bits per heavy atom. The van der Waals surface area contributed by atoms with Crippen molar-refractivity contribution in [2.75, 3.05) is 19.7 Å². The maximum atomic E-state index is 11.8. The largest absolute Gasteiger partial charge is 0.490 e. The average molecular weight is 574 g/mol. The molecule has 9 heteroatoms. The summed E-state index contributed by atoms with van der Waals surface area (Å²) in [5.74, 6) is -0.237. The molecule has 2 aromatic carbocycles. The molecule has 0 radical (unpaired) electrons. The van der Waals surface area contributed by atoms with Gasteiger partial charge >= 0.3 is 5.97 Å². The number of aliphatic carboxylic acids is 1. The Morgan fingerprint density at radius 2 is 1.72 bits per heavy atom. The zero-order valence-corrected chi connectivity index (χ0v) is 23.4. The van der Waals surface area contributed by atoms with Crippen LogP contribution in [0, 0.1) is 11.8 Å². The van der Waals surface area contributed by atoms with Gasteiger partial charge in [0.25, 0.3) is 0 Å². The predicted octanol–water partition coefficient (Wildman–Crippen LogP) is 5.90. The Labute approximate surface area is 239 Å². The van der Waals surface area contributed by atoms with Gasteiger partial charge < -0.3 is 9.84 Å². The number of fused-ring (bicyclic) bond motifs is 1. The van der Waals surface area contributed by atoms with Crippen LogP contribution in [0.25, 0.3) is 0 Å². The smallest absolute Gasteiger partial charge is 0.306 e. The van der Waals surface area contributed by atoms with Crippen LogP contribution in [0.5, 0.6) is 5.75 Å². The average Bonchev–Trinajstić information content (AvgIpc) is 3.47. The van der Waals surface area contributed by atoms with Crippen molar-refractivity contribution < 1.29 is 24.2 Å². The van der Waals surface area contributed by atoms with E-state index in [4.69, 9.17) is 27.9 Å². The first-order chi connectivity index (χ1) is 18.8. The maximum absolute atomic E-state index is 11.8. The first-order valence-electron chi connectivity index (χ1n) is 13.8. The topological polar surface area (TPSA) is 87.2 Å². The van der Waals surface area contributed by atoms with Gasteiger partial charge in [0.15, 0.2) is 0 Å². The zero-order valence-electron chi connectivity index (χ0n) is 21.9. The lowest BCUT2D eigenvalue weighted by Gasteiger charge is -2.35. The Hall–Kier alpha value is -2.61. The van der Waals surface area contributed by atoms with E-state index in [1.54, 1.807) is 0 Å². The SMILES string of the molecule is O=C1CCC(=O)N1CCOc1ccc(CN(C[C@H]2CC[C@H](C(=O)O)CC2)C2CCc3cc(Cl)ccc32)cc1Cl. The summed E-state index contributed by atoms with van der Waals surface area (Å²) >= 11 is 12.9. The number of ether oxygens (including phenoxy) is 1. The van der Waals surface area contributed by atoms with Gasteiger partial charge in [-0.25, -0.2) is 0 Å². The van der Waals surface area contributed by atoms with Crippen molar-refractivity contribution in [1.82, 2.24) is 9.80 Å². The molecule has 39 heavy (non-hydrogen) atoms. The molecular weight excluding hydrogens is 539 g/mol. The fourth-order valence-corrected chi connectivity index (χ4v) is 6.73. The quantitative estimate of drug-likeness (QED) is 0.356. The van der Waals surface area contributed by atoms with Crippen LogP contribution in [0.1, 0.15) is 67.7 Å². The molecule has 1 saturated heterocycles. The number of halogens is 2. The molecule has 1 N–H and O–H groups in total. The number of likely N-dealkylation sites (tertiary alicyclic amines) is 1. The Morgan fingerprint density at radius 3 is 2.41 bits per heavy atom. The van der Waals surface area contributed by atoms with Crippen molar-refractivity contribution in [3.63, 3.8) is 0 Å².